The average Bonchev–Trinajstić information content (AvgIpc) is 2.63. The Kier molecular flexibility index (Phi) is 4.06. The zero-order chi connectivity index (χ0) is 16.5. The number of rotatable bonds is 3. The second-order valence-electron chi connectivity index (χ2n) is 6.31. The molecule has 0 aromatic heterocycles. The van der Waals surface area contributed by atoms with E-state index in [1.54, 1.807) is 45.0 Å². The first kappa shape index (κ1) is 16.2. The summed E-state index contributed by atoms with van der Waals surface area (Å²) < 4.78 is 5.05. The maximum Gasteiger partial charge on any atom is 0.349 e. The molecule has 2 rings (SSSR count). The summed E-state index contributed by atoms with van der Waals surface area (Å²) in [5, 5.41) is 10.3. The van der Waals surface area contributed by atoms with Gasteiger partial charge in [0.2, 0.25) is 5.91 Å². The summed E-state index contributed by atoms with van der Waals surface area (Å²) in [6.07, 6.45) is -0.590. The molecular formula is C16H19NO5. The van der Waals surface area contributed by atoms with Gasteiger partial charge in [0.05, 0.1) is 13.0 Å². The van der Waals surface area contributed by atoms with Crippen molar-refractivity contribution in [3.63, 3.8) is 0 Å². The molecule has 6 nitrogen and oxygen atoms in total. The SMILES string of the molecule is CC(C)(C)OC(=O)[C@]1(O)CC(=O)N(Cc2ccccc2)C1=O. The van der Waals surface area contributed by atoms with Crippen molar-refractivity contribution in [1.82, 2.24) is 4.90 Å². The monoisotopic (exact) mass is 305 g/mol. The molecule has 2 amide bonds. The molecule has 1 aromatic carbocycles. The first-order valence-corrected chi connectivity index (χ1v) is 6.98. The lowest BCUT2D eigenvalue weighted by atomic mass is 10.0. The van der Waals surface area contributed by atoms with Crippen LogP contribution in [-0.2, 0) is 25.7 Å². The third-order valence-electron chi connectivity index (χ3n) is 3.23. The molecule has 1 aromatic rings. The fraction of sp³-hybridized carbons (Fsp3) is 0.438. The Morgan fingerprint density at radius 3 is 2.41 bits per heavy atom. The number of imide groups is 1. The van der Waals surface area contributed by atoms with Crippen molar-refractivity contribution in [3.8, 4) is 0 Å². The summed E-state index contributed by atoms with van der Waals surface area (Å²) in [7, 11) is 0. The first-order valence-electron chi connectivity index (χ1n) is 6.98. The zero-order valence-corrected chi connectivity index (χ0v) is 12.8. The second-order valence-corrected chi connectivity index (χ2v) is 6.31. The van der Waals surface area contributed by atoms with Crippen molar-refractivity contribution in [2.24, 2.45) is 0 Å². The number of hydrogen-bond acceptors (Lipinski definition) is 5. The van der Waals surface area contributed by atoms with E-state index in [9.17, 15) is 19.5 Å². The van der Waals surface area contributed by atoms with Crippen LogP contribution in [0.3, 0.4) is 0 Å². The highest BCUT2D eigenvalue weighted by Gasteiger charge is 2.57. The van der Waals surface area contributed by atoms with Crippen molar-refractivity contribution in [3.05, 3.63) is 35.9 Å². The van der Waals surface area contributed by atoms with E-state index in [4.69, 9.17) is 4.74 Å². The Bertz CT molecular complexity index is 605. The quantitative estimate of drug-likeness (QED) is 0.512. The molecule has 118 valence electrons. The van der Waals surface area contributed by atoms with Gasteiger partial charge in [0.15, 0.2) is 0 Å². The summed E-state index contributed by atoms with van der Waals surface area (Å²) in [4.78, 5) is 37.3. The number of aliphatic hydroxyl groups is 1. The van der Waals surface area contributed by atoms with Crippen LogP contribution >= 0.6 is 0 Å². The number of carbonyl (C=O) groups is 3. The summed E-state index contributed by atoms with van der Waals surface area (Å²) in [6.45, 7) is 4.88. The van der Waals surface area contributed by atoms with Crippen molar-refractivity contribution in [1.29, 1.82) is 0 Å². The fourth-order valence-electron chi connectivity index (χ4n) is 2.17. The highest BCUT2D eigenvalue weighted by Crippen LogP contribution is 2.28. The van der Waals surface area contributed by atoms with Gasteiger partial charge >= 0.3 is 5.97 Å². The largest absolute Gasteiger partial charge is 0.457 e. The van der Waals surface area contributed by atoms with Gasteiger partial charge in [-0.05, 0) is 26.3 Å². The number of likely N-dealkylation sites (tertiary alicyclic amines) is 1. The molecule has 0 spiro atoms. The Hall–Kier alpha value is -2.21. The van der Waals surface area contributed by atoms with Crippen LogP contribution in [-0.4, -0.2) is 39.0 Å². The van der Waals surface area contributed by atoms with Crippen molar-refractivity contribution >= 4 is 17.8 Å². The molecule has 0 bridgehead atoms. The Morgan fingerprint density at radius 2 is 1.86 bits per heavy atom. The lowest BCUT2D eigenvalue weighted by Gasteiger charge is -2.25. The molecule has 6 heteroatoms. The molecule has 1 aliphatic heterocycles. The number of benzene rings is 1. The minimum Gasteiger partial charge on any atom is -0.457 e. The topological polar surface area (TPSA) is 83.9 Å². The second kappa shape index (κ2) is 5.53. The summed E-state index contributed by atoms with van der Waals surface area (Å²) >= 11 is 0. The number of nitrogens with zero attached hydrogens (tertiary/aromatic N) is 1. The molecule has 1 atom stereocenters. The van der Waals surface area contributed by atoms with Crippen LogP contribution in [0, 0.1) is 0 Å². The van der Waals surface area contributed by atoms with E-state index in [1.165, 1.54) is 0 Å². The smallest absolute Gasteiger partial charge is 0.349 e. The highest BCUT2D eigenvalue weighted by molar-refractivity contribution is 6.18. The van der Waals surface area contributed by atoms with E-state index in [-0.39, 0.29) is 6.54 Å². The molecule has 1 N–H and O–H groups in total. The molecule has 0 aliphatic carbocycles. The van der Waals surface area contributed by atoms with E-state index >= 15 is 0 Å². The van der Waals surface area contributed by atoms with Gasteiger partial charge < -0.3 is 9.84 Å². The molecule has 1 saturated heterocycles. The van der Waals surface area contributed by atoms with Gasteiger partial charge in [0.25, 0.3) is 11.5 Å². The Morgan fingerprint density at radius 1 is 1.27 bits per heavy atom. The van der Waals surface area contributed by atoms with Crippen molar-refractivity contribution in [2.45, 2.75) is 44.9 Å². The summed E-state index contributed by atoms with van der Waals surface area (Å²) in [5.41, 5.74) is -2.56. The maximum absolute atomic E-state index is 12.3. The van der Waals surface area contributed by atoms with Crippen LogP contribution < -0.4 is 0 Å². The predicted octanol–water partition coefficient (Wildman–Crippen LogP) is 1.02. The third kappa shape index (κ3) is 3.17. The number of esters is 1. The number of carbonyl (C=O) groups excluding carboxylic acids is 3. The van der Waals surface area contributed by atoms with Crippen LogP contribution in [0.4, 0.5) is 0 Å². The maximum atomic E-state index is 12.3. The Labute approximate surface area is 128 Å². The lowest BCUT2D eigenvalue weighted by Crippen LogP contribution is -2.49. The molecule has 0 saturated carbocycles. The van der Waals surface area contributed by atoms with Gasteiger partial charge in [-0.1, -0.05) is 30.3 Å². The van der Waals surface area contributed by atoms with Crippen LogP contribution in [0.25, 0.3) is 0 Å². The van der Waals surface area contributed by atoms with Gasteiger partial charge in [-0.15, -0.1) is 0 Å². The number of ether oxygens (including phenoxy) is 1. The van der Waals surface area contributed by atoms with Crippen molar-refractivity contribution < 1.29 is 24.2 Å². The number of amides is 2. The number of hydrogen-bond donors (Lipinski definition) is 1. The minimum absolute atomic E-state index is 0.0175. The first-order chi connectivity index (χ1) is 10.1. The summed E-state index contributed by atoms with van der Waals surface area (Å²) in [6, 6.07) is 8.88. The van der Waals surface area contributed by atoms with E-state index in [0.717, 1.165) is 10.5 Å². The van der Waals surface area contributed by atoms with E-state index in [0.29, 0.717) is 0 Å². The molecule has 1 aliphatic rings. The molecule has 0 unspecified atom stereocenters. The van der Waals surface area contributed by atoms with Gasteiger partial charge in [-0.2, -0.15) is 0 Å². The molecule has 1 fully saturated rings. The summed E-state index contributed by atoms with van der Waals surface area (Å²) in [5.74, 6) is -2.62. The van der Waals surface area contributed by atoms with Gasteiger partial charge in [-0.3, -0.25) is 14.5 Å². The normalized spacial score (nSPS) is 22.1. The standard InChI is InChI=1S/C16H19NO5/c1-15(2,3)22-14(20)16(21)9-12(18)17(13(16)19)10-11-7-5-4-6-8-11/h4-8,21H,9-10H2,1-3H3/t16-/m0/s1. The average molecular weight is 305 g/mol. The van der Waals surface area contributed by atoms with Crippen LogP contribution in [0.5, 0.6) is 0 Å². The zero-order valence-electron chi connectivity index (χ0n) is 12.8. The van der Waals surface area contributed by atoms with E-state index in [2.05, 4.69) is 0 Å². The van der Waals surface area contributed by atoms with Crippen molar-refractivity contribution in [2.75, 3.05) is 0 Å². The van der Waals surface area contributed by atoms with Crippen LogP contribution in [0.2, 0.25) is 0 Å². The predicted molar refractivity (Wildman–Crippen MR) is 77.4 cm³/mol. The molecule has 1 heterocycles. The van der Waals surface area contributed by atoms with E-state index < -0.39 is 35.4 Å². The highest BCUT2D eigenvalue weighted by atomic mass is 16.6. The lowest BCUT2D eigenvalue weighted by molar-refractivity contribution is -0.180. The fourth-order valence-corrected chi connectivity index (χ4v) is 2.17. The van der Waals surface area contributed by atoms with Gasteiger partial charge in [0.1, 0.15) is 5.60 Å². The van der Waals surface area contributed by atoms with E-state index in [1.807, 2.05) is 6.07 Å². The third-order valence-corrected chi connectivity index (χ3v) is 3.23. The Balaban J connectivity index is 2.19. The van der Waals surface area contributed by atoms with Crippen LogP contribution in [0.15, 0.2) is 30.3 Å². The molecule has 0 radical (unpaired) electrons. The molecule has 22 heavy (non-hydrogen) atoms. The minimum atomic E-state index is -2.43. The molecular weight excluding hydrogens is 286 g/mol. The van der Waals surface area contributed by atoms with Gasteiger partial charge in [0, 0.05) is 0 Å². The van der Waals surface area contributed by atoms with Gasteiger partial charge in [-0.25, -0.2) is 4.79 Å². The van der Waals surface area contributed by atoms with Crippen LogP contribution in [0.1, 0.15) is 32.8 Å².